The Hall–Kier alpha value is -0.940. The smallest absolute Gasteiger partial charge is 0.155 e. The fraction of sp³-hybridized carbons (Fsp3) is 0.250. The van der Waals surface area contributed by atoms with Crippen LogP contribution in [-0.4, -0.2) is 21.6 Å². The molecule has 68 valence electrons. The number of halogens is 1. The fourth-order valence-corrected chi connectivity index (χ4v) is 1.69. The number of aromatic nitrogens is 3. The molecule has 0 radical (unpaired) electrons. The molecule has 0 unspecified atom stereocenters. The second-order valence-electron chi connectivity index (χ2n) is 2.67. The fourth-order valence-electron chi connectivity index (χ4n) is 1.19. The largest absolute Gasteiger partial charge is 0.314 e. The lowest BCUT2D eigenvalue weighted by atomic mass is 10.5. The minimum atomic E-state index is 0.740. The first kappa shape index (κ1) is 8.65. The number of hydrogen-bond donors (Lipinski definition) is 1. The van der Waals surface area contributed by atoms with Crippen molar-refractivity contribution < 1.29 is 0 Å². The summed E-state index contributed by atoms with van der Waals surface area (Å²) in [6.07, 6.45) is 1.74. The third-order valence-corrected chi connectivity index (χ3v) is 2.54. The lowest BCUT2D eigenvalue weighted by Gasteiger charge is -1.93. The van der Waals surface area contributed by atoms with Crippen molar-refractivity contribution in [2.75, 3.05) is 7.05 Å². The number of rotatable bonds is 2. The van der Waals surface area contributed by atoms with Crippen molar-refractivity contribution >= 4 is 21.6 Å². The van der Waals surface area contributed by atoms with Gasteiger partial charge < -0.3 is 5.32 Å². The van der Waals surface area contributed by atoms with Crippen molar-refractivity contribution in [2.24, 2.45) is 0 Å². The number of nitrogens with one attached hydrogen (secondary N) is 1. The maximum absolute atomic E-state index is 4.39. The molecule has 2 aromatic rings. The van der Waals surface area contributed by atoms with E-state index in [1.807, 2.05) is 19.2 Å². The highest BCUT2D eigenvalue weighted by Crippen LogP contribution is 2.16. The molecule has 0 aliphatic carbocycles. The van der Waals surface area contributed by atoms with E-state index in [2.05, 4.69) is 31.3 Å². The van der Waals surface area contributed by atoms with E-state index in [1.165, 1.54) is 0 Å². The zero-order chi connectivity index (χ0) is 9.26. The van der Waals surface area contributed by atoms with Crippen LogP contribution in [0, 0.1) is 0 Å². The Bertz CT molecular complexity index is 423. The van der Waals surface area contributed by atoms with Crippen LogP contribution in [0.2, 0.25) is 0 Å². The lowest BCUT2D eigenvalue weighted by molar-refractivity contribution is 0.789. The Labute approximate surface area is 84.1 Å². The Kier molecular flexibility index (Phi) is 2.28. The molecule has 0 aromatic carbocycles. The quantitative estimate of drug-likeness (QED) is 0.859. The average molecular weight is 241 g/mol. The summed E-state index contributed by atoms with van der Waals surface area (Å²) in [5, 5.41) is 7.22. The molecule has 4 nitrogen and oxygen atoms in total. The van der Waals surface area contributed by atoms with E-state index in [4.69, 9.17) is 0 Å². The second kappa shape index (κ2) is 3.43. The summed E-state index contributed by atoms with van der Waals surface area (Å²) in [6.45, 7) is 0.740. The van der Waals surface area contributed by atoms with Gasteiger partial charge in [-0.25, -0.2) is 9.50 Å². The van der Waals surface area contributed by atoms with Crippen LogP contribution >= 0.6 is 15.9 Å². The van der Waals surface area contributed by atoms with E-state index in [1.54, 1.807) is 10.7 Å². The number of imidazole rings is 1. The topological polar surface area (TPSA) is 42.2 Å². The Morgan fingerprint density at radius 3 is 3.15 bits per heavy atom. The van der Waals surface area contributed by atoms with Crippen LogP contribution < -0.4 is 5.32 Å². The second-order valence-corrected chi connectivity index (χ2v) is 3.42. The predicted molar refractivity (Wildman–Crippen MR) is 53.5 cm³/mol. The first-order valence-electron chi connectivity index (χ1n) is 3.95. The standard InChI is InChI=1S/C8H9BrN4/c1-10-5-6-8(9)13-7(12-6)3-2-4-11-13/h2-4,10H,5H2,1H3. The zero-order valence-electron chi connectivity index (χ0n) is 7.16. The molecule has 0 atom stereocenters. The molecule has 2 rings (SSSR count). The zero-order valence-corrected chi connectivity index (χ0v) is 8.74. The van der Waals surface area contributed by atoms with Gasteiger partial charge in [-0.3, -0.25) is 0 Å². The molecule has 0 aliphatic rings. The van der Waals surface area contributed by atoms with Gasteiger partial charge in [0.05, 0.1) is 5.69 Å². The van der Waals surface area contributed by atoms with Crippen molar-refractivity contribution in [3.8, 4) is 0 Å². The van der Waals surface area contributed by atoms with Crippen molar-refractivity contribution in [3.63, 3.8) is 0 Å². The molecule has 0 aliphatic heterocycles. The van der Waals surface area contributed by atoms with Crippen LogP contribution in [-0.2, 0) is 6.54 Å². The van der Waals surface area contributed by atoms with E-state index in [-0.39, 0.29) is 0 Å². The highest BCUT2D eigenvalue weighted by Gasteiger charge is 2.08. The lowest BCUT2D eigenvalue weighted by Crippen LogP contribution is -2.05. The van der Waals surface area contributed by atoms with E-state index in [9.17, 15) is 0 Å². The molecule has 0 fully saturated rings. The van der Waals surface area contributed by atoms with Crippen LogP contribution in [0.5, 0.6) is 0 Å². The Morgan fingerprint density at radius 2 is 2.46 bits per heavy atom. The third-order valence-electron chi connectivity index (χ3n) is 1.75. The van der Waals surface area contributed by atoms with Gasteiger partial charge in [-0.15, -0.1) is 0 Å². The first-order valence-corrected chi connectivity index (χ1v) is 4.75. The van der Waals surface area contributed by atoms with E-state index < -0.39 is 0 Å². The van der Waals surface area contributed by atoms with Crippen molar-refractivity contribution in [1.29, 1.82) is 0 Å². The SMILES string of the molecule is CNCc1nc2cccnn2c1Br. The number of hydrogen-bond acceptors (Lipinski definition) is 3. The molecule has 0 saturated heterocycles. The minimum absolute atomic E-state index is 0.740. The molecule has 0 amide bonds. The van der Waals surface area contributed by atoms with Crippen molar-refractivity contribution in [2.45, 2.75) is 6.54 Å². The molecule has 0 saturated carbocycles. The van der Waals surface area contributed by atoms with E-state index in [0.29, 0.717) is 0 Å². The maximum atomic E-state index is 4.39. The highest BCUT2D eigenvalue weighted by molar-refractivity contribution is 9.10. The monoisotopic (exact) mass is 240 g/mol. The molecular weight excluding hydrogens is 232 g/mol. The van der Waals surface area contributed by atoms with Gasteiger partial charge in [0.1, 0.15) is 4.60 Å². The van der Waals surface area contributed by atoms with E-state index >= 15 is 0 Å². The molecule has 2 heterocycles. The van der Waals surface area contributed by atoms with Crippen LogP contribution in [0.15, 0.2) is 22.9 Å². The predicted octanol–water partition coefficient (Wildman–Crippen LogP) is 1.21. The first-order chi connectivity index (χ1) is 6.33. The van der Waals surface area contributed by atoms with Gasteiger partial charge >= 0.3 is 0 Å². The molecule has 1 N–H and O–H groups in total. The molecule has 5 heteroatoms. The van der Waals surface area contributed by atoms with Gasteiger partial charge in [-0.05, 0) is 35.1 Å². The van der Waals surface area contributed by atoms with Crippen LogP contribution in [0.4, 0.5) is 0 Å². The summed E-state index contributed by atoms with van der Waals surface area (Å²) < 4.78 is 2.68. The van der Waals surface area contributed by atoms with Gasteiger partial charge in [-0.2, -0.15) is 5.10 Å². The number of nitrogens with zero attached hydrogens (tertiary/aromatic N) is 3. The molecule has 0 bridgehead atoms. The molecule has 13 heavy (non-hydrogen) atoms. The van der Waals surface area contributed by atoms with E-state index in [0.717, 1.165) is 22.5 Å². The summed E-state index contributed by atoms with van der Waals surface area (Å²) in [7, 11) is 1.89. The van der Waals surface area contributed by atoms with Gasteiger partial charge in [0, 0.05) is 12.7 Å². The normalized spacial score (nSPS) is 10.9. The Morgan fingerprint density at radius 1 is 1.62 bits per heavy atom. The van der Waals surface area contributed by atoms with Crippen LogP contribution in [0.1, 0.15) is 5.69 Å². The highest BCUT2D eigenvalue weighted by atomic mass is 79.9. The number of fused-ring (bicyclic) bond motifs is 1. The van der Waals surface area contributed by atoms with Gasteiger partial charge in [0.2, 0.25) is 0 Å². The van der Waals surface area contributed by atoms with Crippen molar-refractivity contribution in [1.82, 2.24) is 19.9 Å². The molecule has 2 aromatic heterocycles. The summed E-state index contributed by atoms with van der Waals surface area (Å²) in [6, 6.07) is 3.80. The van der Waals surface area contributed by atoms with Gasteiger partial charge in [0.25, 0.3) is 0 Å². The average Bonchev–Trinajstić information content (AvgIpc) is 2.46. The summed E-state index contributed by atoms with van der Waals surface area (Å²) in [5.41, 5.74) is 1.83. The summed E-state index contributed by atoms with van der Waals surface area (Å²) in [4.78, 5) is 4.39. The summed E-state index contributed by atoms with van der Waals surface area (Å²) in [5.74, 6) is 0. The van der Waals surface area contributed by atoms with Crippen LogP contribution in [0.25, 0.3) is 5.65 Å². The molecule has 0 spiro atoms. The summed E-state index contributed by atoms with van der Waals surface area (Å²) >= 11 is 3.45. The molecular formula is C8H9BrN4. The maximum Gasteiger partial charge on any atom is 0.155 e. The van der Waals surface area contributed by atoms with Crippen molar-refractivity contribution in [3.05, 3.63) is 28.6 Å². The minimum Gasteiger partial charge on any atom is -0.314 e. The third kappa shape index (κ3) is 1.45. The Balaban J connectivity index is 2.60. The van der Waals surface area contributed by atoms with Crippen LogP contribution in [0.3, 0.4) is 0 Å². The van der Waals surface area contributed by atoms with Gasteiger partial charge in [0.15, 0.2) is 5.65 Å². The van der Waals surface area contributed by atoms with Gasteiger partial charge in [-0.1, -0.05) is 0 Å².